The zero-order valence-corrected chi connectivity index (χ0v) is 14.8. The largest absolute Gasteiger partial charge is 0.496 e. The molecule has 2 atom stereocenters. The van der Waals surface area contributed by atoms with Crippen molar-refractivity contribution in [1.82, 2.24) is 14.9 Å². The molecule has 1 saturated carbocycles. The molecule has 1 fully saturated rings. The summed E-state index contributed by atoms with van der Waals surface area (Å²) in [4.78, 5) is 16.5. The number of imidazole rings is 1. The van der Waals surface area contributed by atoms with Crippen molar-refractivity contribution in [3.8, 4) is 5.75 Å². The second-order valence-electron chi connectivity index (χ2n) is 6.60. The molecular formula is C20H25N3O2. The van der Waals surface area contributed by atoms with Gasteiger partial charge in [0.1, 0.15) is 5.75 Å². The Bertz CT molecular complexity index is 737. The lowest BCUT2D eigenvalue weighted by molar-refractivity contribution is -0.117. The molecule has 0 aliphatic heterocycles. The third-order valence-corrected chi connectivity index (χ3v) is 4.75. The van der Waals surface area contributed by atoms with Crippen LogP contribution in [0.15, 0.2) is 54.6 Å². The molecule has 0 radical (unpaired) electrons. The van der Waals surface area contributed by atoms with Gasteiger partial charge in [-0.15, -0.1) is 0 Å². The summed E-state index contributed by atoms with van der Waals surface area (Å²) in [6, 6.07) is 8.37. The average molecular weight is 339 g/mol. The number of benzene rings is 1. The number of hydrogen-bond donors (Lipinski definition) is 1. The first-order chi connectivity index (χ1) is 12.2. The van der Waals surface area contributed by atoms with Crippen molar-refractivity contribution in [2.24, 2.45) is 0 Å². The molecule has 5 nitrogen and oxygen atoms in total. The summed E-state index contributed by atoms with van der Waals surface area (Å²) >= 11 is 0. The molecule has 3 rings (SSSR count). The van der Waals surface area contributed by atoms with Gasteiger partial charge in [-0.05, 0) is 44.2 Å². The first-order valence-electron chi connectivity index (χ1n) is 8.74. The van der Waals surface area contributed by atoms with E-state index in [2.05, 4.69) is 14.9 Å². The van der Waals surface area contributed by atoms with Crippen molar-refractivity contribution in [1.29, 1.82) is 0 Å². The van der Waals surface area contributed by atoms with Crippen molar-refractivity contribution in [3.63, 3.8) is 0 Å². The number of carbonyl (C=O) groups is 1. The van der Waals surface area contributed by atoms with Gasteiger partial charge in [0.25, 0.3) is 0 Å². The number of ether oxygens (including phenoxy) is 1. The van der Waals surface area contributed by atoms with E-state index in [1.165, 1.54) is 0 Å². The van der Waals surface area contributed by atoms with Crippen molar-refractivity contribution >= 4 is 5.91 Å². The maximum absolute atomic E-state index is 12.4. The minimum atomic E-state index is -0.0237. The lowest BCUT2D eigenvalue weighted by Gasteiger charge is -2.21. The minimum absolute atomic E-state index is 0.0237. The van der Waals surface area contributed by atoms with Crippen LogP contribution >= 0.6 is 0 Å². The Hall–Kier alpha value is -2.56. The van der Waals surface area contributed by atoms with E-state index in [4.69, 9.17) is 4.74 Å². The number of nitrogens with zero attached hydrogens (tertiary/aromatic N) is 2. The topological polar surface area (TPSA) is 56.1 Å². The van der Waals surface area contributed by atoms with Crippen LogP contribution in [0.5, 0.6) is 5.75 Å². The van der Waals surface area contributed by atoms with Crippen molar-refractivity contribution in [2.75, 3.05) is 7.11 Å². The summed E-state index contributed by atoms with van der Waals surface area (Å²) in [6.45, 7) is 1.98. The van der Waals surface area contributed by atoms with Crippen molar-refractivity contribution in [2.45, 2.75) is 44.7 Å². The van der Waals surface area contributed by atoms with Crippen LogP contribution in [0.3, 0.4) is 0 Å². The zero-order valence-electron chi connectivity index (χ0n) is 14.8. The Morgan fingerprint density at radius 3 is 3.00 bits per heavy atom. The molecule has 5 heteroatoms. The number of amides is 1. The number of rotatable bonds is 6. The van der Waals surface area contributed by atoms with Gasteiger partial charge in [0.2, 0.25) is 5.91 Å². The molecule has 0 saturated heterocycles. The fraction of sp³-hybridized carbons (Fsp3) is 0.400. The Morgan fingerprint density at radius 2 is 2.24 bits per heavy atom. The maximum atomic E-state index is 12.4. The molecule has 2 unspecified atom stereocenters. The molecular weight excluding hydrogens is 314 g/mol. The van der Waals surface area contributed by atoms with Gasteiger partial charge in [-0.2, -0.15) is 0 Å². The molecule has 1 aliphatic carbocycles. The summed E-state index contributed by atoms with van der Waals surface area (Å²) in [7, 11) is 1.67. The summed E-state index contributed by atoms with van der Waals surface area (Å²) in [6.07, 6.45) is 11.2. The molecule has 2 aromatic rings. The molecule has 0 spiro atoms. The van der Waals surface area contributed by atoms with Crippen LogP contribution in [0.4, 0.5) is 0 Å². The Balaban J connectivity index is 1.62. The third-order valence-electron chi connectivity index (χ3n) is 4.75. The normalized spacial score (nSPS) is 20.5. The number of hydrogen-bond acceptors (Lipinski definition) is 3. The Kier molecular flexibility index (Phi) is 5.53. The predicted molar refractivity (Wildman–Crippen MR) is 97.5 cm³/mol. The molecule has 132 valence electrons. The second kappa shape index (κ2) is 8.01. The van der Waals surface area contributed by atoms with Crippen LogP contribution in [-0.2, 0) is 11.2 Å². The highest BCUT2D eigenvalue weighted by Crippen LogP contribution is 2.30. The van der Waals surface area contributed by atoms with E-state index in [1.807, 2.05) is 43.7 Å². The third kappa shape index (κ3) is 4.29. The Morgan fingerprint density at radius 1 is 1.40 bits per heavy atom. The molecule has 1 aromatic heterocycles. The van der Waals surface area contributed by atoms with E-state index >= 15 is 0 Å². The standard InChI is InChI=1S/C20H25N3O2/c1-15(12-16-6-3-4-9-19(16)25-2)13-20(24)22-17-7-5-8-18(17)23-11-10-21-14-23/h3-4,6,9-11,13-14,17-18H,5,7-8,12H2,1-2H3,(H,22,24). The summed E-state index contributed by atoms with van der Waals surface area (Å²) in [5, 5.41) is 3.17. The van der Waals surface area contributed by atoms with Gasteiger partial charge in [0.15, 0.2) is 0 Å². The van der Waals surface area contributed by atoms with Gasteiger partial charge in [-0.1, -0.05) is 23.8 Å². The smallest absolute Gasteiger partial charge is 0.244 e. The van der Waals surface area contributed by atoms with E-state index < -0.39 is 0 Å². The molecule has 1 N–H and O–H groups in total. The van der Waals surface area contributed by atoms with Crippen LogP contribution in [0, 0.1) is 0 Å². The highest BCUT2D eigenvalue weighted by Gasteiger charge is 2.29. The number of aromatic nitrogens is 2. The average Bonchev–Trinajstić information content (AvgIpc) is 3.26. The van der Waals surface area contributed by atoms with Crippen LogP contribution in [0.1, 0.15) is 37.8 Å². The number of methoxy groups -OCH3 is 1. The van der Waals surface area contributed by atoms with E-state index in [0.29, 0.717) is 12.5 Å². The molecule has 1 amide bonds. The fourth-order valence-corrected chi connectivity index (χ4v) is 3.58. The van der Waals surface area contributed by atoms with Gasteiger partial charge in [-0.3, -0.25) is 4.79 Å². The number of nitrogens with one attached hydrogen (secondary N) is 1. The Labute approximate surface area is 148 Å². The van der Waals surface area contributed by atoms with E-state index in [0.717, 1.165) is 36.1 Å². The van der Waals surface area contributed by atoms with Gasteiger partial charge in [-0.25, -0.2) is 4.98 Å². The van der Waals surface area contributed by atoms with Gasteiger partial charge < -0.3 is 14.6 Å². The quantitative estimate of drug-likeness (QED) is 0.822. The number of carbonyl (C=O) groups excluding carboxylic acids is 1. The summed E-state index contributed by atoms with van der Waals surface area (Å²) in [5.74, 6) is 0.830. The molecule has 25 heavy (non-hydrogen) atoms. The maximum Gasteiger partial charge on any atom is 0.244 e. The number of para-hydroxylation sites is 1. The van der Waals surface area contributed by atoms with E-state index in [1.54, 1.807) is 19.4 Å². The van der Waals surface area contributed by atoms with Crippen LogP contribution in [0.25, 0.3) is 0 Å². The van der Waals surface area contributed by atoms with E-state index in [9.17, 15) is 4.79 Å². The second-order valence-corrected chi connectivity index (χ2v) is 6.60. The van der Waals surface area contributed by atoms with Crippen LogP contribution in [0.2, 0.25) is 0 Å². The predicted octanol–water partition coefficient (Wildman–Crippen LogP) is 3.29. The monoisotopic (exact) mass is 339 g/mol. The summed E-state index contributed by atoms with van der Waals surface area (Å²) in [5.41, 5.74) is 2.10. The van der Waals surface area contributed by atoms with E-state index in [-0.39, 0.29) is 11.9 Å². The first kappa shape index (κ1) is 17.3. The van der Waals surface area contributed by atoms with Gasteiger partial charge >= 0.3 is 0 Å². The van der Waals surface area contributed by atoms with Crippen LogP contribution in [-0.4, -0.2) is 28.6 Å². The summed E-state index contributed by atoms with van der Waals surface area (Å²) < 4.78 is 7.48. The molecule has 1 heterocycles. The lowest BCUT2D eigenvalue weighted by atomic mass is 10.0. The highest BCUT2D eigenvalue weighted by molar-refractivity contribution is 5.88. The number of allylic oxidation sites excluding steroid dienone is 1. The molecule has 1 aromatic carbocycles. The molecule has 1 aliphatic rings. The zero-order chi connectivity index (χ0) is 17.6. The van der Waals surface area contributed by atoms with Gasteiger partial charge in [0, 0.05) is 24.5 Å². The minimum Gasteiger partial charge on any atom is -0.496 e. The highest BCUT2D eigenvalue weighted by atomic mass is 16.5. The molecule has 0 bridgehead atoms. The SMILES string of the molecule is COc1ccccc1CC(C)=CC(=O)NC1CCCC1n1ccnc1. The van der Waals surface area contributed by atoms with Crippen molar-refractivity contribution < 1.29 is 9.53 Å². The van der Waals surface area contributed by atoms with Crippen molar-refractivity contribution in [3.05, 3.63) is 60.2 Å². The van der Waals surface area contributed by atoms with Gasteiger partial charge in [0.05, 0.1) is 19.5 Å². The lowest BCUT2D eigenvalue weighted by Crippen LogP contribution is -2.37. The van der Waals surface area contributed by atoms with Crippen LogP contribution < -0.4 is 10.1 Å². The first-order valence-corrected chi connectivity index (χ1v) is 8.74. The fourth-order valence-electron chi connectivity index (χ4n) is 3.58.